The highest BCUT2D eigenvalue weighted by Crippen LogP contribution is 2.24. The van der Waals surface area contributed by atoms with Gasteiger partial charge in [-0.3, -0.25) is 4.79 Å². The second kappa shape index (κ2) is 7.79. The molecule has 0 atom stereocenters. The lowest BCUT2D eigenvalue weighted by Crippen LogP contribution is -2.28. The Hall–Kier alpha value is -1.88. The van der Waals surface area contributed by atoms with Gasteiger partial charge in [-0.1, -0.05) is 43.7 Å². The number of amides is 1. The summed E-state index contributed by atoms with van der Waals surface area (Å²) in [6.45, 7) is 8.63. The van der Waals surface area contributed by atoms with Crippen LogP contribution in [0.25, 0.3) is 0 Å². The van der Waals surface area contributed by atoms with E-state index >= 15 is 0 Å². The number of aryl methyl sites for hydroxylation is 2. The molecule has 2 aromatic rings. The predicted molar refractivity (Wildman–Crippen MR) is 99.6 cm³/mol. The molecule has 4 nitrogen and oxygen atoms in total. The summed E-state index contributed by atoms with van der Waals surface area (Å²) in [5.74, 6) is 0.992. The van der Waals surface area contributed by atoms with Crippen LogP contribution in [0.4, 0.5) is 0 Å². The van der Waals surface area contributed by atoms with E-state index in [4.69, 9.17) is 0 Å². The van der Waals surface area contributed by atoms with Gasteiger partial charge < -0.3 is 4.90 Å². The molecule has 0 unspecified atom stereocenters. The minimum absolute atomic E-state index is 0.0345. The minimum Gasteiger partial charge on any atom is -0.337 e. The molecule has 5 heteroatoms. The average molecular weight is 343 g/mol. The molecule has 0 aliphatic rings. The summed E-state index contributed by atoms with van der Waals surface area (Å²) in [5.41, 5.74) is 3.69. The lowest BCUT2D eigenvalue weighted by atomic mass is 10.1. The first-order chi connectivity index (χ1) is 11.3. The second-order valence-electron chi connectivity index (χ2n) is 6.35. The van der Waals surface area contributed by atoms with E-state index in [9.17, 15) is 4.79 Å². The van der Waals surface area contributed by atoms with Crippen LogP contribution in [0, 0.1) is 13.8 Å². The number of nitrogens with zero attached hydrogens (tertiary/aromatic N) is 3. The van der Waals surface area contributed by atoms with E-state index in [1.54, 1.807) is 4.90 Å². The molecule has 0 fully saturated rings. The van der Waals surface area contributed by atoms with Gasteiger partial charge in [0, 0.05) is 19.5 Å². The number of carbonyl (C=O) groups is 1. The predicted octanol–water partition coefficient (Wildman–Crippen LogP) is 4.21. The monoisotopic (exact) mass is 343 g/mol. The zero-order chi connectivity index (χ0) is 17.9. The molecule has 128 valence electrons. The number of hydrogen-bond acceptors (Lipinski definition) is 4. The van der Waals surface area contributed by atoms with Crippen LogP contribution in [0.15, 0.2) is 29.3 Å². The van der Waals surface area contributed by atoms with Crippen LogP contribution in [-0.4, -0.2) is 34.1 Å². The summed E-state index contributed by atoms with van der Waals surface area (Å²) in [6, 6.07) is 8.24. The molecule has 1 amide bonds. The third-order valence-corrected chi connectivity index (χ3v) is 4.57. The van der Waals surface area contributed by atoms with Gasteiger partial charge in [0.15, 0.2) is 0 Å². The maximum atomic E-state index is 12.9. The molecule has 1 aromatic heterocycles. The van der Waals surface area contributed by atoms with Gasteiger partial charge in [0.2, 0.25) is 0 Å². The van der Waals surface area contributed by atoms with E-state index < -0.39 is 0 Å². The largest absolute Gasteiger partial charge is 0.337 e. The Morgan fingerprint density at radius 2 is 1.79 bits per heavy atom. The van der Waals surface area contributed by atoms with Crippen LogP contribution in [0.3, 0.4) is 0 Å². The number of aromatic nitrogens is 2. The fourth-order valence-corrected chi connectivity index (χ4v) is 3.07. The molecule has 0 saturated heterocycles. The summed E-state index contributed by atoms with van der Waals surface area (Å²) in [6.07, 6.45) is 1.95. The first-order valence-electron chi connectivity index (χ1n) is 8.07. The molecule has 0 bridgehead atoms. The second-order valence-corrected chi connectivity index (χ2v) is 7.15. The summed E-state index contributed by atoms with van der Waals surface area (Å²) in [5, 5.41) is 0.756. The van der Waals surface area contributed by atoms with Crippen molar-refractivity contribution in [2.45, 2.75) is 45.2 Å². The molecule has 2 rings (SSSR count). The van der Waals surface area contributed by atoms with E-state index in [-0.39, 0.29) is 11.8 Å². The van der Waals surface area contributed by atoms with Crippen LogP contribution < -0.4 is 0 Å². The Morgan fingerprint density at radius 3 is 2.33 bits per heavy atom. The minimum atomic E-state index is -0.0345. The van der Waals surface area contributed by atoms with Crippen molar-refractivity contribution in [3.63, 3.8) is 0 Å². The zero-order valence-electron chi connectivity index (χ0n) is 15.3. The maximum absolute atomic E-state index is 12.9. The van der Waals surface area contributed by atoms with Gasteiger partial charge in [-0.2, -0.15) is 0 Å². The molecule has 1 aromatic carbocycles. The molecule has 0 radical (unpaired) electrons. The Bertz CT molecular complexity index is 726. The highest BCUT2D eigenvalue weighted by molar-refractivity contribution is 7.98. The summed E-state index contributed by atoms with van der Waals surface area (Å²) < 4.78 is 0. The SMILES string of the molecule is CSc1nc(C(C)C)nc(C)c1C(=O)N(C)Cc1ccc(C)cc1. The molecule has 0 aliphatic heterocycles. The molecular weight excluding hydrogens is 318 g/mol. The van der Waals surface area contributed by atoms with E-state index in [0.29, 0.717) is 12.1 Å². The van der Waals surface area contributed by atoms with Crippen molar-refractivity contribution in [2.24, 2.45) is 0 Å². The fraction of sp³-hybridized carbons (Fsp3) is 0.421. The lowest BCUT2D eigenvalue weighted by molar-refractivity contribution is 0.0779. The highest BCUT2D eigenvalue weighted by Gasteiger charge is 2.22. The van der Waals surface area contributed by atoms with Crippen molar-refractivity contribution in [1.82, 2.24) is 14.9 Å². The zero-order valence-corrected chi connectivity index (χ0v) is 16.1. The highest BCUT2D eigenvalue weighted by atomic mass is 32.2. The third-order valence-electron chi connectivity index (χ3n) is 3.88. The molecule has 0 aliphatic carbocycles. The van der Waals surface area contributed by atoms with Crippen molar-refractivity contribution in [3.05, 3.63) is 52.5 Å². The molecule has 0 spiro atoms. The number of carbonyl (C=O) groups excluding carboxylic acids is 1. The number of benzene rings is 1. The normalized spacial score (nSPS) is 11.0. The van der Waals surface area contributed by atoms with Gasteiger partial charge >= 0.3 is 0 Å². The van der Waals surface area contributed by atoms with E-state index in [1.165, 1.54) is 17.3 Å². The smallest absolute Gasteiger partial charge is 0.258 e. The lowest BCUT2D eigenvalue weighted by Gasteiger charge is -2.20. The Balaban J connectivity index is 2.29. The van der Waals surface area contributed by atoms with Gasteiger partial charge in [-0.05, 0) is 25.7 Å². The first-order valence-corrected chi connectivity index (χ1v) is 9.29. The number of thioether (sulfide) groups is 1. The standard InChI is InChI=1S/C19H25N3OS/c1-12(2)17-20-14(4)16(18(21-17)24-6)19(23)22(5)11-15-9-7-13(3)8-10-15/h7-10,12H,11H2,1-6H3. The van der Waals surface area contributed by atoms with Crippen molar-refractivity contribution in [3.8, 4) is 0 Å². The fourth-order valence-electron chi connectivity index (χ4n) is 2.45. The maximum Gasteiger partial charge on any atom is 0.258 e. The van der Waals surface area contributed by atoms with Gasteiger partial charge in [-0.25, -0.2) is 9.97 Å². The van der Waals surface area contributed by atoms with Crippen molar-refractivity contribution in [1.29, 1.82) is 0 Å². The van der Waals surface area contributed by atoms with E-state index in [2.05, 4.69) is 55.0 Å². The Kier molecular flexibility index (Phi) is 5.99. The molecule has 24 heavy (non-hydrogen) atoms. The van der Waals surface area contributed by atoms with Gasteiger partial charge in [0.1, 0.15) is 10.9 Å². The van der Waals surface area contributed by atoms with E-state index in [1.807, 2.05) is 20.2 Å². The summed E-state index contributed by atoms with van der Waals surface area (Å²) in [7, 11) is 1.82. The Morgan fingerprint density at radius 1 is 1.17 bits per heavy atom. The van der Waals surface area contributed by atoms with Crippen molar-refractivity contribution in [2.75, 3.05) is 13.3 Å². The van der Waals surface area contributed by atoms with Crippen LogP contribution >= 0.6 is 11.8 Å². The van der Waals surface area contributed by atoms with Crippen LogP contribution in [0.2, 0.25) is 0 Å². The van der Waals surface area contributed by atoms with Gasteiger partial charge in [0.05, 0.1) is 11.3 Å². The Labute approximate surface area is 148 Å². The quantitative estimate of drug-likeness (QED) is 0.602. The summed E-state index contributed by atoms with van der Waals surface area (Å²) >= 11 is 1.50. The van der Waals surface area contributed by atoms with Crippen LogP contribution in [-0.2, 0) is 6.54 Å². The third kappa shape index (κ3) is 4.15. The topological polar surface area (TPSA) is 46.1 Å². The van der Waals surface area contributed by atoms with E-state index in [0.717, 1.165) is 22.1 Å². The average Bonchev–Trinajstić information content (AvgIpc) is 2.55. The molecule has 0 N–H and O–H groups in total. The molecule has 0 saturated carbocycles. The van der Waals surface area contributed by atoms with Gasteiger partial charge in [0.25, 0.3) is 5.91 Å². The van der Waals surface area contributed by atoms with Crippen molar-refractivity contribution >= 4 is 17.7 Å². The van der Waals surface area contributed by atoms with Gasteiger partial charge in [-0.15, -0.1) is 11.8 Å². The first kappa shape index (κ1) is 18.5. The van der Waals surface area contributed by atoms with Crippen molar-refractivity contribution < 1.29 is 4.79 Å². The molecular formula is C19H25N3OS. The number of rotatable bonds is 5. The number of hydrogen-bond donors (Lipinski definition) is 0. The summed E-state index contributed by atoms with van der Waals surface area (Å²) in [4.78, 5) is 23.8. The van der Waals surface area contributed by atoms with Crippen LogP contribution in [0.1, 0.15) is 52.8 Å². The van der Waals surface area contributed by atoms with Crippen LogP contribution in [0.5, 0.6) is 0 Å². The molecule has 1 heterocycles.